The minimum atomic E-state index is -2.46. The highest BCUT2D eigenvalue weighted by molar-refractivity contribution is 8.01. The second-order valence-corrected chi connectivity index (χ2v) is 8.37. The average molecular weight is 425 g/mol. The van der Waals surface area contributed by atoms with E-state index in [2.05, 4.69) is 20.8 Å². The Morgan fingerprint density at radius 3 is 2.48 bits per heavy atom. The Balaban J connectivity index is 1.46. The first kappa shape index (κ1) is 19.6. The molecule has 0 saturated heterocycles. The van der Waals surface area contributed by atoms with Crippen molar-refractivity contribution in [1.29, 1.82) is 0 Å². The van der Waals surface area contributed by atoms with Gasteiger partial charge in [0.05, 0.1) is 5.75 Å². The molecule has 3 aromatic rings. The Hall–Kier alpha value is -2.17. The van der Waals surface area contributed by atoms with Crippen molar-refractivity contribution < 1.29 is 13.6 Å². The summed E-state index contributed by atoms with van der Waals surface area (Å²) in [7, 11) is 0. The van der Waals surface area contributed by atoms with Gasteiger partial charge < -0.3 is 10.6 Å². The maximum Gasteiger partial charge on any atom is 0.288 e. The number of para-hydroxylation sites is 1. The number of carbonyl (C=O) groups excluding carboxylic acids is 1. The molecule has 10 heteroatoms. The molecule has 0 atom stereocenters. The predicted octanol–water partition coefficient (Wildman–Crippen LogP) is 5.33. The van der Waals surface area contributed by atoms with Crippen molar-refractivity contribution >= 4 is 57.3 Å². The summed E-state index contributed by atoms with van der Waals surface area (Å²) in [5.41, 5.74) is 1.47. The third-order valence-corrected chi connectivity index (χ3v) is 5.82. The predicted molar refractivity (Wildman–Crippen MR) is 107 cm³/mol. The smallest absolute Gasteiger partial charge is 0.288 e. The number of thioether (sulfide) groups is 2. The fourth-order valence-electron chi connectivity index (χ4n) is 2.01. The van der Waals surface area contributed by atoms with Crippen LogP contribution in [0.25, 0.3) is 0 Å². The van der Waals surface area contributed by atoms with Crippen LogP contribution in [0.3, 0.4) is 0 Å². The Morgan fingerprint density at radius 2 is 1.78 bits per heavy atom. The molecule has 5 nitrogen and oxygen atoms in total. The van der Waals surface area contributed by atoms with Crippen LogP contribution in [0.2, 0.25) is 0 Å². The topological polar surface area (TPSA) is 66.9 Å². The molecular formula is C17H14F2N4OS3. The third-order valence-electron chi connectivity index (χ3n) is 3.12. The summed E-state index contributed by atoms with van der Waals surface area (Å²) in [6.45, 7) is 0. The van der Waals surface area contributed by atoms with Gasteiger partial charge in [-0.3, -0.25) is 4.79 Å². The normalized spacial score (nSPS) is 10.8. The van der Waals surface area contributed by atoms with Gasteiger partial charge in [0.1, 0.15) is 0 Å². The van der Waals surface area contributed by atoms with E-state index >= 15 is 0 Å². The van der Waals surface area contributed by atoms with Crippen LogP contribution < -0.4 is 10.6 Å². The zero-order valence-electron chi connectivity index (χ0n) is 13.8. The van der Waals surface area contributed by atoms with E-state index in [1.165, 1.54) is 23.1 Å². The summed E-state index contributed by atoms with van der Waals surface area (Å²) in [6.07, 6.45) is 0. The van der Waals surface area contributed by atoms with Gasteiger partial charge in [0.15, 0.2) is 4.34 Å². The van der Waals surface area contributed by atoms with Crippen molar-refractivity contribution in [2.24, 2.45) is 0 Å². The molecule has 0 aliphatic carbocycles. The van der Waals surface area contributed by atoms with Gasteiger partial charge in [-0.1, -0.05) is 53.1 Å². The zero-order chi connectivity index (χ0) is 19.1. The van der Waals surface area contributed by atoms with Gasteiger partial charge in [-0.2, -0.15) is 8.78 Å². The highest BCUT2D eigenvalue weighted by Gasteiger charge is 2.10. The van der Waals surface area contributed by atoms with Crippen LogP contribution in [0.1, 0.15) is 0 Å². The minimum Gasteiger partial charge on any atom is -0.330 e. The fourth-order valence-corrected chi connectivity index (χ4v) is 4.08. The Labute approximate surface area is 167 Å². The monoisotopic (exact) mass is 424 g/mol. The molecular weight excluding hydrogens is 410 g/mol. The number of hydrogen-bond donors (Lipinski definition) is 2. The summed E-state index contributed by atoms with van der Waals surface area (Å²) < 4.78 is 25.3. The molecule has 2 aromatic carbocycles. The third kappa shape index (κ3) is 6.49. The molecule has 3 rings (SSSR count). The number of rotatable bonds is 8. The number of anilines is 3. The number of nitrogens with zero attached hydrogens (tertiary/aromatic N) is 2. The molecule has 0 aliphatic heterocycles. The fraction of sp³-hybridized carbons (Fsp3) is 0.118. The Bertz CT molecular complexity index is 875. The average Bonchev–Trinajstić information content (AvgIpc) is 3.09. The van der Waals surface area contributed by atoms with Crippen molar-refractivity contribution in [2.45, 2.75) is 15.0 Å². The van der Waals surface area contributed by atoms with Gasteiger partial charge in [-0.25, -0.2) is 0 Å². The van der Waals surface area contributed by atoms with Crippen LogP contribution in [0, 0.1) is 0 Å². The molecule has 1 aromatic heterocycles. The van der Waals surface area contributed by atoms with Gasteiger partial charge >= 0.3 is 0 Å². The molecule has 0 fully saturated rings. The van der Waals surface area contributed by atoms with E-state index in [9.17, 15) is 13.6 Å². The van der Waals surface area contributed by atoms with E-state index in [0.717, 1.165) is 5.69 Å². The number of halogens is 2. The van der Waals surface area contributed by atoms with Crippen molar-refractivity contribution in [3.8, 4) is 0 Å². The van der Waals surface area contributed by atoms with Crippen LogP contribution in [0.5, 0.6) is 0 Å². The van der Waals surface area contributed by atoms with Gasteiger partial charge in [0.25, 0.3) is 5.76 Å². The summed E-state index contributed by atoms with van der Waals surface area (Å²) in [6, 6.07) is 15.9. The van der Waals surface area contributed by atoms with Crippen LogP contribution >= 0.6 is 34.9 Å². The van der Waals surface area contributed by atoms with Crippen LogP contribution in [0.15, 0.2) is 63.8 Å². The van der Waals surface area contributed by atoms with E-state index in [4.69, 9.17) is 0 Å². The number of nitrogens with one attached hydrogen (secondary N) is 2. The number of carbonyl (C=O) groups is 1. The molecule has 0 saturated carbocycles. The van der Waals surface area contributed by atoms with E-state index in [1.807, 2.05) is 30.3 Å². The molecule has 0 unspecified atom stereocenters. The van der Waals surface area contributed by atoms with Crippen molar-refractivity contribution in [2.75, 3.05) is 16.4 Å². The van der Waals surface area contributed by atoms with Gasteiger partial charge in [0, 0.05) is 16.3 Å². The van der Waals surface area contributed by atoms with Gasteiger partial charge in [0.2, 0.25) is 11.0 Å². The SMILES string of the molecule is O=C(CSc1nnc(Nc2ccccc2)s1)Nc1ccc(SC(F)F)cc1. The van der Waals surface area contributed by atoms with E-state index in [-0.39, 0.29) is 11.7 Å². The maximum absolute atomic E-state index is 12.3. The van der Waals surface area contributed by atoms with Gasteiger partial charge in [-0.05, 0) is 36.4 Å². The highest BCUT2D eigenvalue weighted by atomic mass is 32.2. The molecule has 27 heavy (non-hydrogen) atoms. The highest BCUT2D eigenvalue weighted by Crippen LogP contribution is 2.28. The number of alkyl halides is 2. The van der Waals surface area contributed by atoms with Crippen molar-refractivity contribution in [1.82, 2.24) is 10.2 Å². The lowest BCUT2D eigenvalue weighted by Gasteiger charge is -2.05. The summed E-state index contributed by atoms with van der Waals surface area (Å²) in [5, 5.41) is 14.6. The van der Waals surface area contributed by atoms with E-state index in [1.54, 1.807) is 24.3 Å². The second-order valence-electron chi connectivity index (χ2n) is 5.10. The first-order valence-electron chi connectivity index (χ1n) is 7.71. The van der Waals surface area contributed by atoms with Crippen molar-refractivity contribution in [3.63, 3.8) is 0 Å². The number of aromatic nitrogens is 2. The molecule has 1 heterocycles. The second kappa shape index (κ2) is 9.67. The lowest BCUT2D eigenvalue weighted by atomic mass is 10.3. The summed E-state index contributed by atoms with van der Waals surface area (Å²) in [5.74, 6) is -2.50. The Kier molecular flexibility index (Phi) is 7.02. The summed E-state index contributed by atoms with van der Waals surface area (Å²) >= 11 is 3.11. The number of hydrogen-bond acceptors (Lipinski definition) is 7. The minimum absolute atomic E-state index is 0.174. The first-order chi connectivity index (χ1) is 13.1. The molecule has 140 valence electrons. The summed E-state index contributed by atoms with van der Waals surface area (Å²) in [4.78, 5) is 12.5. The molecule has 2 N–H and O–H groups in total. The molecule has 1 amide bonds. The van der Waals surface area contributed by atoms with Crippen molar-refractivity contribution in [3.05, 3.63) is 54.6 Å². The quantitative estimate of drug-likeness (QED) is 0.477. The lowest BCUT2D eigenvalue weighted by Crippen LogP contribution is -2.13. The lowest BCUT2D eigenvalue weighted by molar-refractivity contribution is -0.113. The largest absolute Gasteiger partial charge is 0.330 e. The van der Waals surface area contributed by atoms with Crippen LogP contribution in [0.4, 0.5) is 25.3 Å². The Morgan fingerprint density at radius 1 is 1.04 bits per heavy atom. The van der Waals surface area contributed by atoms with Crippen LogP contribution in [-0.4, -0.2) is 27.6 Å². The molecule has 0 bridgehead atoms. The molecule has 0 radical (unpaired) electrons. The first-order valence-corrected chi connectivity index (χ1v) is 10.4. The standard InChI is InChI=1S/C17H14F2N4OS3/c18-15(19)26-13-8-6-12(7-9-13)20-14(24)10-25-17-23-22-16(27-17)21-11-4-2-1-3-5-11/h1-9,15H,10H2,(H,20,24)(H,21,22). The maximum atomic E-state index is 12.3. The number of benzene rings is 2. The van der Waals surface area contributed by atoms with E-state index < -0.39 is 5.76 Å². The van der Waals surface area contributed by atoms with Crippen LogP contribution in [-0.2, 0) is 4.79 Å². The van der Waals surface area contributed by atoms with E-state index in [0.29, 0.717) is 31.8 Å². The van der Waals surface area contributed by atoms with Gasteiger partial charge in [-0.15, -0.1) is 10.2 Å². The zero-order valence-corrected chi connectivity index (χ0v) is 16.2. The number of amides is 1. The molecule has 0 spiro atoms. The molecule has 0 aliphatic rings.